The lowest BCUT2D eigenvalue weighted by atomic mass is 10.4. The second kappa shape index (κ2) is 4.50. The highest BCUT2D eigenvalue weighted by molar-refractivity contribution is 7.85. The monoisotopic (exact) mass is 218 g/mol. The molecule has 14 heavy (non-hydrogen) atoms. The Morgan fingerprint density at radius 1 is 1.21 bits per heavy atom. The lowest BCUT2D eigenvalue weighted by Gasteiger charge is -2.03. The fourth-order valence-electron chi connectivity index (χ4n) is 1.10. The van der Waals surface area contributed by atoms with Gasteiger partial charge in [0.25, 0.3) is 10.1 Å². The van der Waals surface area contributed by atoms with Crippen molar-refractivity contribution in [2.45, 2.75) is 12.6 Å². The predicted octanol–water partition coefficient (Wildman–Crippen LogP) is -0.777. The zero-order chi connectivity index (χ0) is 10.6. The highest BCUT2D eigenvalue weighted by Gasteiger charge is 2.17. The molecule has 0 spiro atoms. The first kappa shape index (κ1) is 11.1. The molecule has 0 unspecified atom stereocenters. The van der Waals surface area contributed by atoms with Gasteiger partial charge in [-0.25, -0.2) is 4.57 Å². The first-order valence-electron chi connectivity index (χ1n) is 4.05. The average molecular weight is 218 g/mol. The topological polar surface area (TPSA) is 78.5 Å². The minimum Gasteiger partial charge on any atom is -0.385 e. The van der Waals surface area contributed by atoms with Gasteiger partial charge in [-0.1, -0.05) is 6.07 Å². The Balaban J connectivity index is 2.54. The molecule has 0 aromatic carbocycles. The van der Waals surface area contributed by atoms with E-state index in [1.807, 2.05) is 6.07 Å². The zero-order valence-corrected chi connectivity index (χ0v) is 8.26. The van der Waals surface area contributed by atoms with E-state index in [9.17, 15) is 13.5 Å². The normalized spacial score (nSPS) is 13.9. The molecule has 0 fully saturated rings. The number of nitrogens with zero attached hydrogens (tertiary/aromatic N) is 1. The first-order chi connectivity index (χ1) is 6.47. The van der Waals surface area contributed by atoms with E-state index < -0.39 is 22.0 Å². The summed E-state index contributed by atoms with van der Waals surface area (Å²) in [5.41, 5.74) is 0. The third kappa shape index (κ3) is 4.31. The molecule has 78 valence electrons. The summed E-state index contributed by atoms with van der Waals surface area (Å²) >= 11 is 0. The number of pyridine rings is 1. The summed E-state index contributed by atoms with van der Waals surface area (Å²) in [6.07, 6.45) is 2.30. The Bertz CT molecular complexity index is 376. The van der Waals surface area contributed by atoms with Crippen LogP contribution in [0.4, 0.5) is 0 Å². The van der Waals surface area contributed by atoms with Gasteiger partial charge in [-0.15, -0.1) is 0 Å². The van der Waals surface area contributed by atoms with Crippen molar-refractivity contribution in [1.29, 1.82) is 0 Å². The Kier molecular flexibility index (Phi) is 3.56. The maximum Gasteiger partial charge on any atom is 0.267 e. The van der Waals surface area contributed by atoms with E-state index in [0.29, 0.717) is 0 Å². The summed E-state index contributed by atoms with van der Waals surface area (Å²) in [6, 6.07) is 5.34. The van der Waals surface area contributed by atoms with Crippen molar-refractivity contribution in [3.63, 3.8) is 0 Å². The van der Waals surface area contributed by atoms with Gasteiger partial charge in [0.2, 0.25) is 0 Å². The minimum absolute atomic E-state index is 0.140. The van der Waals surface area contributed by atoms with Crippen LogP contribution in [-0.2, 0) is 16.7 Å². The summed E-state index contributed by atoms with van der Waals surface area (Å²) in [5.74, 6) is -0.644. The van der Waals surface area contributed by atoms with E-state index >= 15 is 0 Å². The SMILES string of the molecule is O=S(=O)(O)C[C@H](O)C[n+]1ccccc1. The molecule has 2 N–H and O–H groups in total. The van der Waals surface area contributed by atoms with Crippen LogP contribution in [0, 0.1) is 0 Å². The highest BCUT2D eigenvalue weighted by atomic mass is 32.2. The summed E-state index contributed by atoms with van der Waals surface area (Å²) < 4.78 is 30.9. The minimum atomic E-state index is -4.11. The number of hydrogen-bond donors (Lipinski definition) is 2. The van der Waals surface area contributed by atoms with Crippen molar-refractivity contribution in [1.82, 2.24) is 0 Å². The maximum atomic E-state index is 10.4. The molecule has 1 aromatic heterocycles. The summed E-state index contributed by atoms with van der Waals surface area (Å²) in [6.45, 7) is 0.140. The van der Waals surface area contributed by atoms with Gasteiger partial charge >= 0.3 is 0 Å². The molecular weight excluding hydrogens is 206 g/mol. The molecule has 0 radical (unpaired) electrons. The number of aliphatic hydroxyl groups is 1. The molecule has 1 rings (SSSR count). The second-order valence-corrected chi connectivity index (χ2v) is 4.47. The van der Waals surface area contributed by atoms with Crippen molar-refractivity contribution in [3.05, 3.63) is 30.6 Å². The quantitative estimate of drug-likeness (QED) is 0.513. The third-order valence-electron chi connectivity index (χ3n) is 1.60. The van der Waals surface area contributed by atoms with Gasteiger partial charge < -0.3 is 5.11 Å². The molecule has 0 saturated carbocycles. The molecule has 1 atom stereocenters. The Morgan fingerprint density at radius 2 is 1.79 bits per heavy atom. The van der Waals surface area contributed by atoms with E-state index in [1.165, 1.54) is 0 Å². The van der Waals surface area contributed by atoms with Crippen molar-refractivity contribution >= 4 is 10.1 Å². The molecule has 5 nitrogen and oxygen atoms in total. The van der Waals surface area contributed by atoms with Crippen LogP contribution in [0.1, 0.15) is 0 Å². The van der Waals surface area contributed by atoms with Gasteiger partial charge in [-0.05, 0) is 0 Å². The highest BCUT2D eigenvalue weighted by Crippen LogP contribution is 1.90. The van der Waals surface area contributed by atoms with Gasteiger partial charge in [0.05, 0.1) is 0 Å². The van der Waals surface area contributed by atoms with E-state index in [-0.39, 0.29) is 6.54 Å². The van der Waals surface area contributed by atoms with Crippen LogP contribution in [0.5, 0.6) is 0 Å². The van der Waals surface area contributed by atoms with Crippen molar-refractivity contribution in [2.24, 2.45) is 0 Å². The number of hydrogen-bond acceptors (Lipinski definition) is 3. The van der Waals surface area contributed by atoms with Gasteiger partial charge in [0.1, 0.15) is 11.9 Å². The van der Waals surface area contributed by atoms with E-state index in [2.05, 4.69) is 0 Å². The Morgan fingerprint density at radius 3 is 2.29 bits per heavy atom. The molecule has 0 saturated heterocycles. The van der Waals surface area contributed by atoms with Gasteiger partial charge in [0, 0.05) is 12.1 Å². The fraction of sp³-hybridized carbons (Fsp3) is 0.375. The molecule has 0 aliphatic heterocycles. The zero-order valence-electron chi connectivity index (χ0n) is 7.44. The second-order valence-electron chi connectivity index (χ2n) is 2.97. The average Bonchev–Trinajstić information content (AvgIpc) is 2.02. The van der Waals surface area contributed by atoms with Crippen LogP contribution in [-0.4, -0.2) is 29.9 Å². The van der Waals surface area contributed by atoms with Crippen molar-refractivity contribution in [2.75, 3.05) is 5.75 Å². The molecule has 0 aliphatic carbocycles. The smallest absolute Gasteiger partial charge is 0.267 e. The Hall–Kier alpha value is -0.980. The van der Waals surface area contributed by atoms with E-state index in [4.69, 9.17) is 4.55 Å². The molecule has 6 heteroatoms. The molecular formula is C8H12NO4S+. The van der Waals surface area contributed by atoms with Gasteiger partial charge in [-0.3, -0.25) is 4.55 Å². The summed E-state index contributed by atoms with van der Waals surface area (Å²) in [4.78, 5) is 0. The lowest BCUT2D eigenvalue weighted by Crippen LogP contribution is -2.41. The number of aromatic nitrogens is 1. The summed E-state index contributed by atoms with van der Waals surface area (Å²) in [7, 11) is -4.11. The van der Waals surface area contributed by atoms with Crippen LogP contribution in [0.15, 0.2) is 30.6 Å². The summed E-state index contributed by atoms with van der Waals surface area (Å²) in [5, 5.41) is 9.28. The van der Waals surface area contributed by atoms with Gasteiger partial charge in [-0.2, -0.15) is 8.42 Å². The van der Waals surface area contributed by atoms with E-state index in [0.717, 1.165) is 0 Å². The van der Waals surface area contributed by atoms with Crippen LogP contribution in [0.2, 0.25) is 0 Å². The molecule has 1 heterocycles. The lowest BCUT2D eigenvalue weighted by molar-refractivity contribution is -0.703. The van der Waals surface area contributed by atoms with Gasteiger partial charge in [0.15, 0.2) is 18.9 Å². The molecule has 1 aromatic rings. The molecule has 0 bridgehead atoms. The largest absolute Gasteiger partial charge is 0.385 e. The van der Waals surface area contributed by atoms with Crippen LogP contribution in [0.25, 0.3) is 0 Å². The van der Waals surface area contributed by atoms with Crippen molar-refractivity contribution < 1.29 is 22.6 Å². The van der Waals surface area contributed by atoms with E-state index in [1.54, 1.807) is 29.1 Å². The third-order valence-corrected chi connectivity index (χ3v) is 2.41. The molecule has 0 amide bonds. The van der Waals surface area contributed by atoms with Crippen LogP contribution in [0.3, 0.4) is 0 Å². The fourth-order valence-corrected chi connectivity index (χ4v) is 1.69. The maximum absolute atomic E-state index is 10.4. The first-order valence-corrected chi connectivity index (χ1v) is 5.65. The number of aliphatic hydroxyl groups excluding tert-OH is 1. The van der Waals surface area contributed by atoms with Crippen LogP contribution < -0.4 is 4.57 Å². The number of rotatable bonds is 4. The van der Waals surface area contributed by atoms with Crippen LogP contribution >= 0.6 is 0 Å². The predicted molar refractivity (Wildman–Crippen MR) is 49.1 cm³/mol. The standard InChI is InChI=1S/C8H11NO4S/c10-8(7-14(11,12)13)6-9-4-2-1-3-5-9/h1-5,8,10H,6-7H2/p+1/t8-/m1/s1. The Labute approximate surface area is 82.4 Å². The van der Waals surface area contributed by atoms with Crippen molar-refractivity contribution in [3.8, 4) is 0 Å². The molecule has 0 aliphatic rings.